The Balaban J connectivity index is 1.09. The van der Waals surface area contributed by atoms with Crippen molar-refractivity contribution < 1.29 is 4.42 Å². The molecule has 0 atom stereocenters. The van der Waals surface area contributed by atoms with Crippen LogP contribution in [0.4, 0.5) is 0 Å². The molecule has 0 saturated carbocycles. The van der Waals surface area contributed by atoms with Crippen molar-refractivity contribution in [3.05, 3.63) is 205 Å². The largest absolute Gasteiger partial charge is 0.455 e. The van der Waals surface area contributed by atoms with Crippen molar-refractivity contribution in [1.29, 1.82) is 0 Å². The smallest absolute Gasteiger partial charge is 0.160 e. The number of benzene rings is 8. The van der Waals surface area contributed by atoms with Gasteiger partial charge in [-0.1, -0.05) is 184 Å². The van der Waals surface area contributed by atoms with E-state index in [1.54, 1.807) is 0 Å². The van der Waals surface area contributed by atoms with Crippen molar-refractivity contribution in [3.8, 4) is 78.4 Å². The Kier molecular flexibility index (Phi) is 7.84. The van der Waals surface area contributed by atoms with Crippen LogP contribution in [0.25, 0.3) is 100 Å². The molecule has 0 spiro atoms. The minimum atomic E-state index is -0.244. The quantitative estimate of drug-likeness (QED) is 0.170. The second-order valence-corrected chi connectivity index (χ2v) is 15.7. The number of rotatable bonds is 6. The van der Waals surface area contributed by atoms with E-state index >= 15 is 0 Å². The van der Waals surface area contributed by atoms with Gasteiger partial charge in [0.25, 0.3) is 0 Å². The third kappa shape index (κ3) is 5.50. The Morgan fingerprint density at radius 1 is 0.379 bits per heavy atom. The normalized spacial score (nSPS) is 12.8. The van der Waals surface area contributed by atoms with E-state index in [0.717, 1.165) is 61.1 Å². The lowest BCUT2D eigenvalue weighted by atomic mass is 9.78. The summed E-state index contributed by atoms with van der Waals surface area (Å²) in [4.78, 5) is 10.8. The molecule has 58 heavy (non-hydrogen) atoms. The molecule has 0 N–H and O–H groups in total. The van der Waals surface area contributed by atoms with E-state index in [9.17, 15) is 0 Å². The first kappa shape index (κ1) is 33.9. The number of nitrogens with zero attached hydrogens (tertiary/aromatic N) is 2. The average molecular weight is 743 g/mol. The number of fused-ring (bicyclic) bond motifs is 6. The van der Waals surface area contributed by atoms with E-state index in [4.69, 9.17) is 14.4 Å². The summed E-state index contributed by atoms with van der Waals surface area (Å²) in [7, 11) is 0. The predicted octanol–water partition coefficient (Wildman–Crippen LogP) is 14.7. The van der Waals surface area contributed by atoms with Gasteiger partial charge in [-0.3, -0.25) is 0 Å². The van der Waals surface area contributed by atoms with Gasteiger partial charge < -0.3 is 4.42 Å². The molecule has 2 aromatic heterocycles. The molecule has 0 radical (unpaired) electrons. The Labute approximate surface area is 338 Å². The highest BCUT2D eigenvalue weighted by Gasteiger charge is 2.38. The summed E-state index contributed by atoms with van der Waals surface area (Å²) in [6, 6.07) is 68.8. The average Bonchev–Trinajstić information content (AvgIpc) is 3.78. The van der Waals surface area contributed by atoms with Gasteiger partial charge >= 0.3 is 0 Å². The van der Waals surface area contributed by atoms with Gasteiger partial charge in [-0.25, -0.2) is 9.97 Å². The molecule has 1 aliphatic carbocycles. The van der Waals surface area contributed by atoms with E-state index in [0.29, 0.717) is 5.82 Å². The first-order valence-corrected chi connectivity index (χ1v) is 19.9. The van der Waals surface area contributed by atoms with Gasteiger partial charge in [0.2, 0.25) is 0 Å². The van der Waals surface area contributed by atoms with Crippen molar-refractivity contribution in [1.82, 2.24) is 9.97 Å². The fourth-order valence-electron chi connectivity index (χ4n) is 9.11. The summed E-state index contributed by atoms with van der Waals surface area (Å²) in [6.07, 6.45) is 0. The second-order valence-electron chi connectivity index (χ2n) is 15.7. The van der Waals surface area contributed by atoms with E-state index in [1.807, 2.05) is 12.1 Å². The third-order valence-corrected chi connectivity index (χ3v) is 11.9. The Morgan fingerprint density at radius 3 is 1.71 bits per heavy atom. The van der Waals surface area contributed by atoms with Crippen LogP contribution in [0.5, 0.6) is 0 Å². The van der Waals surface area contributed by atoms with Crippen LogP contribution in [0.1, 0.15) is 25.0 Å². The predicted molar refractivity (Wildman–Crippen MR) is 239 cm³/mol. The van der Waals surface area contributed by atoms with Crippen LogP contribution in [0.2, 0.25) is 0 Å². The maximum Gasteiger partial charge on any atom is 0.160 e. The Bertz CT molecular complexity index is 3180. The van der Waals surface area contributed by atoms with E-state index in [2.05, 4.69) is 196 Å². The molecular formula is C55H38N2O. The lowest BCUT2D eigenvalue weighted by molar-refractivity contribution is 0.662. The van der Waals surface area contributed by atoms with Crippen LogP contribution in [0.3, 0.4) is 0 Å². The second kappa shape index (κ2) is 13.4. The van der Waals surface area contributed by atoms with Gasteiger partial charge in [0, 0.05) is 32.9 Å². The zero-order valence-electron chi connectivity index (χ0n) is 32.3. The highest BCUT2D eigenvalue weighted by Crippen LogP contribution is 2.53. The number of para-hydroxylation sites is 2. The molecule has 3 heteroatoms. The maximum atomic E-state index is 6.58. The van der Waals surface area contributed by atoms with Crippen LogP contribution >= 0.6 is 0 Å². The van der Waals surface area contributed by atoms with E-state index in [1.165, 1.54) is 44.5 Å². The van der Waals surface area contributed by atoms with Crippen molar-refractivity contribution in [3.63, 3.8) is 0 Å². The minimum Gasteiger partial charge on any atom is -0.455 e. The van der Waals surface area contributed by atoms with Crippen LogP contribution in [0, 0.1) is 0 Å². The number of aromatic nitrogens is 2. The van der Waals surface area contributed by atoms with E-state index < -0.39 is 0 Å². The van der Waals surface area contributed by atoms with Crippen LogP contribution in [-0.2, 0) is 5.41 Å². The first-order valence-electron chi connectivity index (χ1n) is 19.9. The highest BCUT2D eigenvalue weighted by atomic mass is 16.3. The molecule has 0 fully saturated rings. The van der Waals surface area contributed by atoms with Gasteiger partial charge in [0.15, 0.2) is 5.82 Å². The fraction of sp³-hybridized carbons (Fsp3) is 0.0545. The van der Waals surface area contributed by atoms with Crippen molar-refractivity contribution in [2.45, 2.75) is 19.3 Å². The molecular weight excluding hydrogens is 705 g/mol. The Morgan fingerprint density at radius 2 is 0.914 bits per heavy atom. The van der Waals surface area contributed by atoms with Crippen LogP contribution in [0.15, 0.2) is 199 Å². The maximum absolute atomic E-state index is 6.58. The first-order chi connectivity index (χ1) is 28.5. The molecule has 11 rings (SSSR count). The SMILES string of the molecule is CC1(C)c2cc(-c3nc(-c4ccccc4-c4ccc(-c5ccccc5)cc4)cc(-c4cccc5c4oc4ccccc45)n3)ccc2-c2cccc(-c3ccccc3)c21. The van der Waals surface area contributed by atoms with Crippen LogP contribution < -0.4 is 0 Å². The zero-order valence-corrected chi connectivity index (χ0v) is 32.3. The molecule has 8 aromatic carbocycles. The summed E-state index contributed by atoms with van der Waals surface area (Å²) < 4.78 is 6.58. The highest BCUT2D eigenvalue weighted by molar-refractivity contribution is 6.09. The van der Waals surface area contributed by atoms with Crippen molar-refractivity contribution in [2.24, 2.45) is 0 Å². The summed E-state index contributed by atoms with van der Waals surface area (Å²) in [6.45, 7) is 4.69. The Hall–Kier alpha value is -7.36. The molecule has 2 heterocycles. The minimum absolute atomic E-state index is 0.244. The number of hydrogen-bond donors (Lipinski definition) is 0. The van der Waals surface area contributed by atoms with Crippen molar-refractivity contribution >= 4 is 21.9 Å². The fourth-order valence-corrected chi connectivity index (χ4v) is 9.11. The molecule has 0 aliphatic heterocycles. The molecule has 1 aliphatic rings. The molecule has 274 valence electrons. The topological polar surface area (TPSA) is 38.9 Å². The van der Waals surface area contributed by atoms with Crippen LogP contribution in [-0.4, -0.2) is 9.97 Å². The van der Waals surface area contributed by atoms with Crippen molar-refractivity contribution in [2.75, 3.05) is 0 Å². The molecule has 0 amide bonds. The van der Waals surface area contributed by atoms with Gasteiger partial charge in [0.05, 0.1) is 11.4 Å². The summed E-state index contributed by atoms with van der Waals surface area (Å²) in [5.41, 5.74) is 18.4. The third-order valence-electron chi connectivity index (χ3n) is 11.9. The number of furan rings is 1. The summed E-state index contributed by atoms with van der Waals surface area (Å²) in [5, 5.41) is 2.16. The molecule has 0 unspecified atom stereocenters. The number of hydrogen-bond acceptors (Lipinski definition) is 3. The summed E-state index contributed by atoms with van der Waals surface area (Å²) in [5.74, 6) is 0.674. The van der Waals surface area contributed by atoms with Gasteiger partial charge in [-0.05, 0) is 79.9 Å². The lowest BCUT2D eigenvalue weighted by Gasteiger charge is -2.25. The van der Waals surface area contributed by atoms with E-state index in [-0.39, 0.29) is 5.41 Å². The summed E-state index contributed by atoms with van der Waals surface area (Å²) >= 11 is 0. The monoisotopic (exact) mass is 742 g/mol. The molecule has 0 saturated heterocycles. The lowest BCUT2D eigenvalue weighted by Crippen LogP contribution is -2.16. The van der Waals surface area contributed by atoms with Gasteiger partial charge in [0.1, 0.15) is 11.2 Å². The van der Waals surface area contributed by atoms with Gasteiger partial charge in [-0.15, -0.1) is 0 Å². The molecule has 10 aromatic rings. The standard InChI is InChI=1S/C55H38N2O/c1-55(2)48-33-39(31-32-42(48)45-23-13-22-41(52(45)55)37-17-7-4-8-18-37)54-56-49(34-50(57-54)47-25-14-24-46-44-21-11-12-26-51(44)58-53(46)47)43-20-10-9-19-40(43)38-29-27-36(28-30-38)35-15-5-3-6-16-35/h3-34H,1-2H3. The van der Waals surface area contributed by atoms with Gasteiger partial charge in [-0.2, -0.15) is 0 Å². The molecule has 0 bridgehead atoms. The zero-order chi connectivity index (χ0) is 38.8. The molecule has 3 nitrogen and oxygen atoms in total.